The van der Waals surface area contributed by atoms with Crippen molar-refractivity contribution in [1.82, 2.24) is 4.72 Å². The van der Waals surface area contributed by atoms with E-state index in [9.17, 15) is 4.21 Å². The Morgan fingerprint density at radius 2 is 1.95 bits per heavy atom. The molecule has 104 valence electrons. The van der Waals surface area contributed by atoms with Gasteiger partial charge in [0.15, 0.2) is 0 Å². The zero-order valence-electron chi connectivity index (χ0n) is 11.5. The third-order valence-electron chi connectivity index (χ3n) is 2.79. The van der Waals surface area contributed by atoms with Gasteiger partial charge in [-0.25, -0.2) is 8.93 Å². The molecule has 2 nitrogen and oxygen atoms in total. The number of halogens is 1. The first-order valence-corrected chi connectivity index (χ1v) is 8.91. The van der Waals surface area contributed by atoms with E-state index in [2.05, 4.69) is 39.7 Å². The Hall–Kier alpha value is -0.230. The first-order chi connectivity index (χ1) is 8.80. The topological polar surface area (TPSA) is 29.1 Å². The van der Waals surface area contributed by atoms with Crippen LogP contribution in [-0.2, 0) is 11.0 Å². The van der Waals surface area contributed by atoms with Crippen LogP contribution in [0.4, 0.5) is 0 Å². The number of nitrogens with one attached hydrogen (secondary N) is 1. The van der Waals surface area contributed by atoms with Crippen LogP contribution in [0, 0.1) is 0 Å². The summed E-state index contributed by atoms with van der Waals surface area (Å²) in [6.45, 7) is 7.98. The van der Waals surface area contributed by atoms with Gasteiger partial charge in [0.25, 0.3) is 0 Å². The standard InChI is InChI=1S/C14H18BrNOS2/c1-9(16-19(17)14(2,3)4)13-12(15)10-7-5-6-8-11(10)18-13/h5-9,16H,1-4H3/t9-,19+/m1/s1. The van der Waals surface area contributed by atoms with E-state index in [4.69, 9.17) is 0 Å². The van der Waals surface area contributed by atoms with Gasteiger partial charge in [0.05, 0.1) is 21.8 Å². The Labute approximate surface area is 129 Å². The first-order valence-electron chi connectivity index (χ1n) is 6.15. The van der Waals surface area contributed by atoms with Crippen molar-refractivity contribution in [3.8, 4) is 0 Å². The van der Waals surface area contributed by atoms with Crippen LogP contribution >= 0.6 is 27.3 Å². The van der Waals surface area contributed by atoms with Gasteiger partial charge in [-0.05, 0) is 49.7 Å². The molecule has 0 spiro atoms. The van der Waals surface area contributed by atoms with Crippen molar-refractivity contribution in [2.75, 3.05) is 0 Å². The van der Waals surface area contributed by atoms with Crippen molar-refractivity contribution in [3.05, 3.63) is 33.6 Å². The number of hydrogen-bond acceptors (Lipinski definition) is 2. The Kier molecular flexibility index (Phi) is 4.50. The van der Waals surface area contributed by atoms with E-state index in [0.29, 0.717) is 0 Å². The first kappa shape index (κ1) is 15.2. The van der Waals surface area contributed by atoms with Gasteiger partial charge in [0.2, 0.25) is 0 Å². The molecule has 2 rings (SSSR count). The highest BCUT2D eigenvalue weighted by Crippen LogP contribution is 2.39. The highest BCUT2D eigenvalue weighted by atomic mass is 79.9. The molecule has 0 amide bonds. The number of rotatable bonds is 3. The van der Waals surface area contributed by atoms with Crippen LogP contribution in [-0.4, -0.2) is 8.96 Å². The zero-order valence-corrected chi connectivity index (χ0v) is 14.7. The van der Waals surface area contributed by atoms with Crippen LogP contribution in [0.2, 0.25) is 0 Å². The molecule has 0 fully saturated rings. The van der Waals surface area contributed by atoms with Crippen LogP contribution in [0.15, 0.2) is 28.7 Å². The number of fused-ring (bicyclic) bond motifs is 1. The Morgan fingerprint density at radius 1 is 1.32 bits per heavy atom. The predicted molar refractivity (Wildman–Crippen MR) is 89.0 cm³/mol. The Bertz CT molecular complexity index is 615. The van der Waals surface area contributed by atoms with E-state index < -0.39 is 11.0 Å². The van der Waals surface area contributed by atoms with Crippen LogP contribution in [0.1, 0.15) is 38.6 Å². The molecule has 0 aliphatic carbocycles. The van der Waals surface area contributed by atoms with E-state index >= 15 is 0 Å². The van der Waals surface area contributed by atoms with Gasteiger partial charge >= 0.3 is 0 Å². The summed E-state index contributed by atoms with van der Waals surface area (Å²) in [4.78, 5) is 1.19. The highest BCUT2D eigenvalue weighted by molar-refractivity contribution is 9.10. The van der Waals surface area contributed by atoms with Crippen molar-refractivity contribution in [3.63, 3.8) is 0 Å². The van der Waals surface area contributed by atoms with Gasteiger partial charge in [-0.1, -0.05) is 18.2 Å². The third-order valence-corrected chi connectivity index (χ3v) is 6.94. The van der Waals surface area contributed by atoms with Crippen LogP contribution in [0.25, 0.3) is 10.1 Å². The fourth-order valence-electron chi connectivity index (χ4n) is 1.70. The minimum Gasteiger partial charge on any atom is -0.242 e. The molecule has 1 N–H and O–H groups in total. The lowest BCUT2D eigenvalue weighted by Crippen LogP contribution is -2.34. The van der Waals surface area contributed by atoms with Gasteiger partial charge in [0, 0.05) is 19.4 Å². The van der Waals surface area contributed by atoms with Gasteiger partial charge in [-0.3, -0.25) is 0 Å². The zero-order chi connectivity index (χ0) is 14.2. The van der Waals surface area contributed by atoms with Crippen LogP contribution in [0.3, 0.4) is 0 Å². The van der Waals surface area contributed by atoms with E-state index in [1.165, 1.54) is 15.0 Å². The SMILES string of the molecule is C[C@@H](N[S@@](=O)C(C)(C)C)c1sc2ccccc2c1Br. The normalized spacial score (nSPS) is 15.6. The van der Waals surface area contributed by atoms with Gasteiger partial charge in [-0.2, -0.15) is 0 Å². The molecule has 0 unspecified atom stereocenters. The van der Waals surface area contributed by atoms with E-state index in [1.54, 1.807) is 11.3 Å². The van der Waals surface area contributed by atoms with Crippen molar-refractivity contribution in [2.45, 2.75) is 38.5 Å². The smallest absolute Gasteiger partial charge is 0.0976 e. The average Bonchev–Trinajstić information content (AvgIpc) is 2.66. The molecule has 1 heterocycles. The van der Waals surface area contributed by atoms with E-state index in [-0.39, 0.29) is 10.8 Å². The second-order valence-electron chi connectivity index (χ2n) is 5.50. The van der Waals surface area contributed by atoms with Crippen molar-refractivity contribution >= 4 is 48.3 Å². The second kappa shape index (κ2) is 5.64. The summed E-state index contributed by atoms with van der Waals surface area (Å²) >= 11 is 5.41. The summed E-state index contributed by atoms with van der Waals surface area (Å²) in [5, 5.41) is 1.22. The Morgan fingerprint density at radius 3 is 2.53 bits per heavy atom. The fourth-order valence-corrected chi connectivity index (χ4v) is 4.73. The van der Waals surface area contributed by atoms with Crippen LogP contribution in [0.5, 0.6) is 0 Å². The average molecular weight is 360 g/mol. The lowest BCUT2D eigenvalue weighted by Gasteiger charge is -2.21. The largest absolute Gasteiger partial charge is 0.242 e. The second-order valence-corrected chi connectivity index (χ2v) is 9.37. The minimum absolute atomic E-state index is 0.0619. The summed E-state index contributed by atoms with van der Waals surface area (Å²) in [7, 11) is -1.06. The maximum absolute atomic E-state index is 12.2. The number of benzene rings is 1. The Balaban J connectivity index is 2.29. The molecule has 0 aliphatic rings. The molecule has 0 aliphatic heterocycles. The monoisotopic (exact) mass is 359 g/mol. The van der Waals surface area contributed by atoms with Gasteiger partial charge in [0.1, 0.15) is 0 Å². The summed E-state index contributed by atoms with van der Waals surface area (Å²) in [6.07, 6.45) is 0. The molecule has 0 saturated heterocycles. The van der Waals surface area contributed by atoms with Crippen LogP contribution < -0.4 is 4.72 Å². The quantitative estimate of drug-likeness (QED) is 0.839. The van der Waals surface area contributed by atoms with Gasteiger partial charge in [-0.15, -0.1) is 11.3 Å². The predicted octanol–water partition coefficient (Wildman–Crippen LogP) is 4.78. The molecule has 2 aromatic rings. The molecule has 1 aromatic heterocycles. The molecule has 5 heteroatoms. The van der Waals surface area contributed by atoms with Crippen molar-refractivity contribution in [2.24, 2.45) is 0 Å². The molecule has 0 saturated carbocycles. The maximum Gasteiger partial charge on any atom is 0.0976 e. The number of thiophene rings is 1. The third kappa shape index (κ3) is 3.27. The minimum atomic E-state index is -1.06. The van der Waals surface area contributed by atoms with Gasteiger partial charge < -0.3 is 0 Å². The summed E-state index contributed by atoms with van der Waals surface area (Å²) < 4.78 is 17.5. The van der Waals surface area contributed by atoms with Crippen molar-refractivity contribution < 1.29 is 4.21 Å². The van der Waals surface area contributed by atoms with Crippen molar-refractivity contribution in [1.29, 1.82) is 0 Å². The maximum atomic E-state index is 12.2. The van der Waals surface area contributed by atoms with E-state index in [0.717, 1.165) is 4.47 Å². The molecule has 0 radical (unpaired) electrons. The molecular weight excluding hydrogens is 342 g/mol. The number of hydrogen-bond donors (Lipinski definition) is 1. The molecular formula is C14H18BrNOS2. The molecule has 0 bridgehead atoms. The summed E-state index contributed by atoms with van der Waals surface area (Å²) in [5.74, 6) is 0. The summed E-state index contributed by atoms with van der Waals surface area (Å²) in [6, 6.07) is 8.36. The fraction of sp³-hybridized carbons (Fsp3) is 0.429. The molecule has 19 heavy (non-hydrogen) atoms. The lowest BCUT2D eigenvalue weighted by molar-refractivity contribution is 0.618. The van der Waals surface area contributed by atoms with E-state index in [1.807, 2.05) is 32.9 Å². The summed E-state index contributed by atoms with van der Waals surface area (Å²) in [5.41, 5.74) is 0. The highest BCUT2D eigenvalue weighted by Gasteiger charge is 2.23. The lowest BCUT2D eigenvalue weighted by atomic mass is 10.2. The molecule has 1 aromatic carbocycles. The molecule has 2 atom stereocenters.